The van der Waals surface area contributed by atoms with Gasteiger partial charge in [0.15, 0.2) is 0 Å². The first-order valence-corrected chi connectivity index (χ1v) is 3.78. The van der Waals surface area contributed by atoms with Crippen LogP contribution < -0.4 is 5.73 Å². The highest BCUT2D eigenvalue weighted by Gasteiger charge is 2.38. The molecule has 0 heterocycles. The van der Waals surface area contributed by atoms with Gasteiger partial charge in [0.1, 0.15) is 0 Å². The van der Waals surface area contributed by atoms with Crippen molar-refractivity contribution in [1.29, 1.82) is 0 Å². The Balaban J connectivity index is 4.40. The van der Waals surface area contributed by atoms with Crippen LogP contribution in [0.1, 0.15) is 19.8 Å². The second-order valence-electron chi connectivity index (χ2n) is 2.67. The summed E-state index contributed by atoms with van der Waals surface area (Å²) < 4.78 is 4.20. The lowest BCUT2D eigenvalue weighted by molar-refractivity contribution is -0.173. The maximum absolute atomic E-state index is 10.5. The fraction of sp³-hybridized carbons (Fsp3) is 0.714. The molecule has 0 saturated carbocycles. The molecule has 0 aliphatic heterocycles. The second-order valence-corrected chi connectivity index (χ2v) is 2.67. The molecule has 0 aromatic rings. The van der Waals surface area contributed by atoms with E-state index in [-0.39, 0.29) is 12.9 Å². The van der Waals surface area contributed by atoms with Gasteiger partial charge in [-0.2, -0.15) is 0 Å². The van der Waals surface area contributed by atoms with Crippen molar-refractivity contribution in [2.45, 2.75) is 31.6 Å². The molecule has 76 valence electrons. The Bertz CT molecular complexity index is 195. The van der Waals surface area contributed by atoms with Gasteiger partial charge in [0.05, 0.1) is 6.10 Å². The maximum atomic E-state index is 10.5. The third-order valence-electron chi connectivity index (χ3n) is 1.63. The van der Waals surface area contributed by atoms with Gasteiger partial charge < -0.3 is 14.9 Å². The SMILES string of the molecule is CCC(O)CC(N)(OC=O)C(=O)O. The first-order valence-electron chi connectivity index (χ1n) is 3.78. The number of rotatable bonds is 6. The number of carbonyl (C=O) groups excluding carboxylic acids is 1. The zero-order valence-corrected chi connectivity index (χ0v) is 7.27. The Morgan fingerprint density at radius 2 is 2.31 bits per heavy atom. The van der Waals surface area contributed by atoms with Gasteiger partial charge in [-0.3, -0.25) is 10.5 Å². The van der Waals surface area contributed by atoms with E-state index in [0.717, 1.165) is 0 Å². The van der Waals surface area contributed by atoms with Crippen LogP contribution in [0.15, 0.2) is 0 Å². The molecular weight excluding hydrogens is 178 g/mol. The average molecular weight is 191 g/mol. The van der Waals surface area contributed by atoms with Gasteiger partial charge in [-0.15, -0.1) is 0 Å². The summed E-state index contributed by atoms with van der Waals surface area (Å²) in [6.07, 6.45) is -0.882. The molecule has 0 spiro atoms. The van der Waals surface area contributed by atoms with E-state index in [1.807, 2.05) is 0 Å². The number of aliphatic hydroxyl groups is 1. The summed E-state index contributed by atoms with van der Waals surface area (Å²) >= 11 is 0. The van der Waals surface area contributed by atoms with Gasteiger partial charge in [-0.05, 0) is 6.42 Å². The van der Waals surface area contributed by atoms with E-state index in [1.165, 1.54) is 0 Å². The van der Waals surface area contributed by atoms with Gasteiger partial charge >= 0.3 is 5.97 Å². The van der Waals surface area contributed by atoms with E-state index in [9.17, 15) is 9.59 Å². The molecule has 2 atom stereocenters. The van der Waals surface area contributed by atoms with Crippen LogP contribution in [0, 0.1) is 0 Å². The number of nitrogens with two attached hydrogens (primary N) is 1. The molecule has 0 aliphatic rings. The normalized spacial score (nSPS) is 17.2. The number of carboxylic acid groups (broad SMARTS) is 1. The van der Waals surface area contributed by atoms with Crippen molar-refractivity contribution in [2.75, 3.05) is 0 Å². The number of hydrogen-bond donors (Lipinski definition) is 3. The van der Waals surface area contributed by atoms with Crippen LogP contribution in [0.3, 0.4) is 0 Å². The van der Waals surface area contributed by atoms with Crippen LogP contribution in [-0.2, 0) is 14.3 Å². The van der Waals surface area contributed by atoms with E-state index in [0.29, 0.717) is 6.42 Å². The lowest BCUT2D eigenvalue weighted by Gasteiger charge is -2.24. The lowest BCUT2D eigenvalue weighted by atomic mass is 10.0. The summed E-state index contributed by atoms with van der Waals surface area (Å²) in [5.41, 5.74) is 3.09. The van der Waals surface area contributed by atoms with Crippen molar-refractivity contribution >= 4 is 12.4 Å². The van der Waals surface area contributed by atoms with Crippen LogP contribution in [0.5, 0.6) is 0 Å². The van der Waals surface area contributed by atoms with Crippen LogP contribution in [0.4, 0.5) is 0 Å². The highest BCUT2D eigenvalue weighted by Crippen LogP contribution is 2.13. The summed E-state index contributed by atoms with van der Waals surface area (Å²) in [4.78, 5) is 20.5. The summed E-state index contributed by atoms with van der Waals surface area (Å²) in [7, 11) is 0. The fourth-order valence-electron chi connectivity index (χ4n) is 0.766. The van der Waals surface area contributed by atoms with Crippen LogP contribution in [0.25, 0.3) is 0 Å². The van der Waals surface area contributed by atoms with Crippen LogP contribution in [-0.4, -0.2) is 34.5 Å². The summed E-state index contributed by atoms with van der Waals surface area (Å²) in [5.74, 6) is -1.48. The van der Waals surface area contributed by atoms with Crippen molar-refractivity contribution in [3.8, 4) is 0 Å². The third kappa shape index (κ3) is 3.39. The Kier molecular flexibility index (Phi) is 4.36. The summed E-state index contributed by atoms with van der Waals surface area (Å²) in [5, 5.41) is 17.7. The molecule has 0 fully saturated rings. The predicted molar refractivity (Wildman–Crippen MR) is 42.6 cm³/mol. The molecule has 0 amide bonds. The predicted octanol–water partition coefficient (Wildman–Crippen LogP) is -0.940. The van der Waals surface area contributed by atoms with Gasteiger partial charge in [0.2, 0.25) is 0 Å². The molecule has 0 rings (SSSR count). The first-order chi connectivity index (χ1) is 5.96. The topological polar surface area (TPSA) is 110 Å². The molecule has 0 aromatic heterocycles. The minimum atomic E-state index is -2.13. The van der Waals surface area contributed by atoms with E-state index in [2.05, 4.69) is 4.74 Å². The average Bonchev–Trinajstić information content (AvgIpc) is 2.04. The van der Waals surface area contributed by atoms with Gasteiger partial charge in [-0.1, -0.05) is 6.92 Å². The quantitative estimate of drug-likeness (QED) is 0.369. The Morgan fingerprint density at radius 3 is 2.62 bits per heavy atom. The van der Waals surface area contributed by atoms with Gasteiger partial charge in [-0.25, -0.2) is 4.79 Å². The molecule has 0 aliphatic carbocycles. The molecular formula is C7H13NO5. The van der Waals surface area contributed by atoms with Crippen molar-refractivity contribution in [2.24, 2.45) is 5.73 Å². The Labute approximate surface area is 75.3 Å². The second kappa shape index (κ2) is 4.78. The number of ether oxygens (including phenoxy) is 1. The fourth-order valence-corrected chi connectivity index (χ4v) is 0.766. The molecule has 2 unspecified atom stereocenters. The minimum absolute atomic E-state index is 0.0451. The molecule has 4 N–H and O–H groups in total. The van der Waals surface area contributed by atoms with Crippen molar-refractivity contribution in [3.63, 3.8) is 0 Å². The highest BCUT2D eigenvalue weighted by molar-refractivity contribution is 5.77. The van der Waals surface area contributed by atoms with E-state index < -0.39 is 17.8 Å². The Morgan fingerprint density at radius 1 is 1.77 bits per heavy atom. The Hall–Kier alpha value is -1.14. The molecule has 13 heavy (non-hydrogen) atoms. The third-order valence-corrected chi connectivity index (χ3v) is 1.63. The number of carbonyl (C=O) groups is 2. The highest BCUT2D eigenvalue weighted by atomic mass is 16.6. The molecule has 0 aromatic carbocycles. The summed E-state index contributed by atoms with van der Waals surface area (Å²) in [6.45, 7) is 1.62. The summed E-state index contributed by atoms with van der Waals surface area (Å²) in [6, 6.07) is 0. The standard InChI is InChI=1S/C7H13NO5/c1-2-5(10)3-7(8,6(11)12)13-4-9/h4-5,10H,2-3,8H2,1H3,(H,11,12). The van der Waals surface area contributed by atoms with Crippen molar-refractivity contribution in [3.05, 3.63) is 0 Å². The number of hydrogen-bond acceptors (Lipinski definition) is 5. The van der Waals surface area contributed by atoms with Gasteiger partial charge in [0.25, 0.3) is 12.2 Å². The van der Waals surface area contributed by atoms with Crippen molar-refractivity contribution in [1.82, 2.24) is 0 Å². The zero-order chi connectivity index (χ0) is 10.5. The van der Waals surface area contributed by atoms with Crippen LogP contribution in [0.2, 0.25) is 0 Å². The number of aliphatic carboxylic acids is 1. The molecule has 6 nitrogen and oxygen atoms in total. The maximum Gasteiger partial charge on any atom is 0.363 e. The van der Waals surface area contributed by atoms with E-state index in [4.69, 9.17) is 15.9 Å². The van der Waals surface area contributed by atoms with Gasteiger partial charge in [0, 0.05) is 6.42 Å². The number of aliphatic hydroxyl groups excluding tert-OH is 1. The van der Waals surface area contributed by atoms with E-state index >= 15 is 0 Å². The monoisotopic (exact) mass is 191 g/mol. The van der Waals surface area contributed by atoms with Crippen LogP contribution >= 0.6 is 0 Å². The largest absolute Gasteiger partial charge is 0.477 e. The molecule has 0 bridgehead atoms. The minimum Gasteiger partial charge on any atom is -0.477 e. The first kappa shape index (κ1) is 11.9. The smallest absolute Gasteiger partial charge is 0.363 e. The van der Waals surface area contributed by atoms with E-state index in [1.54, 1.807) is 6.92 Å². The number of carboxylic acids is 1. The lowest BCUT2D eigenvalue weighted by Crippen LogP contribution is -2.52. The molecule has 0 saturated heterocycles. The zero-order valence-electron chi connectivity index (χ0n) is 7.27. The molecule has 6 heteroatoms. The van der Waals surface area contributed by atoms with Crippen molar-refractivity contribution < 1.29 is 24.5 Å². The molecule has 0 radical (unpaired) electrons.